The standard InChI is InChI=1S/C13H27N/c1-4-14-10-6-9-13(11-14)8-5-7-12(2)3/h12-13H,4-11H2,1-3H3. The Morgan fingerprint density at radius 1 is 1.36 bits per heavy atom. The summed E-state index contributed by atoms with van der Waals surface area (Å²) in [6.07, 6.45) is 7.24. The number of rotatable bonds is 5. The van der Waals surface area contributed by atoms with Gasteiger partial charge in [0.2, 0.25) is 0 Å². The number of likely N-dealkylation sites (tertiary alicyclic amines) is 1. The van der Waals surface area contributed by atoms with Crippen LogP contribution in [0.2, 0.25) is 0 Å². The maximum Gasteiger partial charge on any atom is 0.000955 e. The largest absolute Gasteiger partial charge is 0.303 e. The monoisotopic (exact) mass is 197 g/mol. The second-order valence-electron chi connectivity index (χ2n) is 5.23. The summed E-state index contributed by atoms with van der Waals surface area (Å²) >= 11 is 0. The maximum absolute atomic E-state index is 2.61. The molecule has 1 nitrogen and oxygen atoms in total. The highest BCUT2D eigenvalue weighted by Crippen LogP contribution is 2.22. The van der Waals surface area contributed by atoms with E-state index in [4.69, 9.17) is 0 Å². The molecule has 1 fully saturated rings. The van der Waals surface area contributed by atoms with Crippen molar-refractivity contribution in [3.05, 3.63) is 0 Å². The highest BCUT2D eigenvalue weighted by molar-refractivity contribution is 4.72. The molecule has 14 heavy (non-hydrogen) atoms. The Hall–Kier alpha value is -0.0400. The van der Waals surface area contributed by atoms with Gasteiger partial charge in [-0.15, -0.1) is 0 Å². The fourth-order valence-electron chi connectivity index (χ4n) is 2.49. The van der Waals surface area contributed by atoms with E-state index >= 15 is 0 Å². The van der Waals surface area contributed by atoms with E-state index in [1.165, 1.54) is 51.7 Å². The number of nitrogens with zero attached hydrogens (tertiary/aromatic N) is 1. The summed E-state index contributed by atoms with van der Waals surface area (Å²) < 4.78 is 0. The van der Waals surface area contributed by atoms with Crippen molar-refractivity contribution in [1.29, 1.82) is 0 Å². The molecule has 1 aliphatic heterocycles. The van der Waals surface area contributed by atoms with Gasteiger partial charge in [-0.2, -0.15) is 0 Å². The Kier molecular flexibility index (Phi) is 5.54. The lowest BCUT2D eigenvalue weighted by atomic mass is 9.91. The van der Waals surface area contributed by atoms with Crippen LogP contribution in [0.1, 0.15) is 52.9 Å². The molecule has 0 aromatic rings. The van der Waals surface area contributed by atoms with Crippen LogP contribution in [0.5, 0.6) is 0 Å². The topological polar surface area (TPSA) is 3.24 Å². The van der Waals surface area contributed by atoms with Gasteiger partial charge < -0.3 is 4.90 Å². The Morgan fingerprint density at radius 2 is 2.14 bits per heavy atom. The van der Waals surface area contributed by atoms with Crippen LogP contribution < -0.4 is 0 Å². The average molecular weight is 197 g/mol. The average Bonchev–Trinajstić information content (AvgIpc) is 2.18. The fourth-order valence-corrected chi connectivity index (χ4v) is 2.49. The van der Waals surface area contributed by atoms with Crippen molar-refractivity contribution in [2.75, 3.05) is 19.6 Å². The summed E-state index contributed by atoms with van der Waals surface area (Å²) in [7, 11) is 0. The molecule has 1 unspecified atom stereocenters. The van der Waals surface area contributed by atoms with E-state index < -0.39 is 0 Å². The highest BCUT2D eigenvalue weighted by Gasteiger charge is 2.17. The zero-order chi connectivity index (χ0) is 10.4. The first-order valence-corrected chi connectivity index (χ1v) is 6.44. The normalized spacial score (nSPS) is 24.4. The van der Waals surface area contributed by atoms with Crippen molar-refractivity contribution in [3.63, 3.8) is 0 Å². The van der Waals surface area contributed by atoms with E-state index in [1.807, 2.05) is 0 Å². The van der Waals surface area contributed by atoms with Crippen LogP contribution in [-0.2, 0) is 0 Å². The predicted molar refractivity (Wildman–Crippen MR) is 63.5 cm³/mol. The first-order valence-electron chi connectivity index (χ1n) is 6.44. The van der Waals surface area contributed by atoms with Crippen molar-refractivity contribution in [2.24, 2.45) is 11.8 Å². The highest BCUT2D eigenvalue weighted by atomic mass is 15.1. The van der Waals surface area contributed by atoms with Crippen molar-refractivity contribution >= 4 is 0 Å². The molecule has 0 aromatic carbocycles. The van der Waals surface area contributed by atoms with Crippen LogP contribution >= 0.6 is 0 Å². The van der Waals surface area contributed by atoms with Gasteiger partial charge in [0.25, 0.3) is 0 Å². The van der Waals surface area contributed by atoms with Crippen LogP contribution in [0.4, 0.5) is 0 Å². The van der Waals surface area contributed by atoms with Gasteiger partial charge in [0.15, 0.2) is 0 Å². The van der Waals surface area contributed by atoms with E-state index in [-0.39, 0.29) is 0 Å². The summed E-state index contributed by atoms with van der Waals surface area (Å²) in [5.41, 5.74) is 0. The van der Waals surface area contributed by atoms with Gasteiger partial charge in [0.05, 0.1) is 0 Å². The van der Waals surface area contributed by atoms with E-state index in [0.29, 0.717) is 0 Å². The number of hydrogen-bond acceptors (Lipinski definition) is 1. The van der Waals surface area contributed by atoms with Gasteiger partial charge in [0.1, 0.15) is 0 Å². The minimum Gasteiger partial charge on any atom is -0.303 e. The van der Waals surface area contributed by atoms with E-state index in [0.717, 1.165) is 11.8 Å². The zero-order valence-electron chi connectivity index (χ0n) is 10.3. The molecule has 1 atom stereocenters. The van der Waals surface area contributed by atoms with Crippen LogP contribution in [0.25, 0.3) is 0 Å². The molecule has 0 radical (unpaired) electrons. The molecule has 0 N–H and O–H groups in total. The van der Waals surface area contributed by atoms with Gasteiger partial charge >= 0.3 is 0 Å². The first-order chi connectivity index (χ1) is 6.72. The van der Waals surface area contributed by atoms with Crippen molar-refractivity contribution in [3.8, 4) is 0 Å². The fraction of sp³-hybridized carbons (Fsp3) is 1.00. The predicted octanol–water partition coefficient (Wildman–Crippen LogP) is 3.54. The van der Waals surface area contributed by atoms with Gasteiger partial charge in [0, 0.05) is 6.54 Å². The van der Waals surface area contributed by atoms with Gasteiger partial charge in [-0.3, -0.25) is 0 Å². The number of hydrogen-bond donors (Lipinski definition) is 0. The van der Waals surface area contributed by atoms with Gasteiger partial charge in [-0.1, -0.05) is 33.6 Å². The molecule has 1 saturated heterocycles. The van der Waals surface area contributed by atoms with Crippen LogP contribution in [-0.4, -0.2) is 24.5 Å². The third-order valence-electron chi connectivity index (χ3n) is 3.44. The summed E-state index contributed by atoms with van der Waals surface area (Å²) in [4.78, 5) is 2.61. The van der Waals surface area contributed by atoms with Crippen LogP contribution in [0, 0.1) is 11.8 Å². The second kappa shape index (κ2) is 6.44. The lowest BCUT2D eigenvalue weighted by Crippen LogP contribution is -2.35. The molecular formula is C13H27N. The summed E-state index contributed by atoms with van der Waals surface area (Å²) in [5.74, 6) is 1.89. The van der Waals surface area contributed by atoms with E-state index in [9.17, 15) is 0 Å². The van der Waals surface area contributed by atoms with Crippen LogP contribution in [0.3, 0.4) is 0 Å². The molecule has 1 heterocycles. The molecule has 1 rings (SSSR count). The maximum atomic E-state index is 2.61. The summed E-state index contributed by atoms with van der Waals surface area (Å²) in [6.45, 7) is 10.9. The Labute approximate surface area is 89.9 Å². The lowest BCUT2D eigenvalue weighted by Gasteiger charge is -2.31. The molecule has 0 amide bonds. The Morgan fingerprint density at radius 3 is 2.79 bits per heavy atom. The molecule has 0 bridgehead atoms. The summed E-state index contributed by atoms with van der Waals surface area (Å²) in [5, 5.41) is 0. The van der Waals surface area contributed by atoms with Crippen molar-refractivity contribution < 1.29 is 0 Å². The Bertz CT molecular complexity index is 142. The van der Waals surface area contributed by atoms with Crippen molar-refractivity contribution in [1.82, 2.24) is 4.90 Å². The quantitative estimate of drug-likeness (QED) is 0.651. The molecule has 1 heteroatoms. The minimum atomic E-state index is 0.890. The second-order valence-corrected chi connectivity index (χ2v) is 5.23. The van der Waals surface area contributed by atoms with Crippen LogP contribution in [0.15, 0.2) is 0 Å². The molecule has 84 valence electrons. The smallest absolute Gasteiger partial charge is 0.000955 e. The van der Waals surface area contributed by atoms with E-state index in [1.54, 1.807) is 0 Å². The lowest BCUT2D eigenvalue weighted by molar-refractivity contribution is 0.173. The Balaban J connectivity index is 2.11. The third-order valence-corrected chi connectivity index (χ3v) is 3.44. The third kappa shape index (κ3) is 4.45. The molecule has 0 aliphatic carbocycles. The van der Waals surface area contributed by atoms with Crippen molar-refractivity contribution in [2.45, 2.75) is 52.9 Å². The minimum absolute atomic E-state index is 0.890. The molecule has 1 aliphatic rings. The first kappa shape index (κ1) is 12.0. The summed E-state index contributed by atoms with van der Waals surface area (Å²) in [6, 6.07) is 0. The van der Waals surface area contributed by atoms with Gasteiger partial charge in [-0.05, 0) is 44.2 Å². The number of piperidine rings is 1. The van der Waals surface area contributed by atoms with Gasteiger partial charge in [-0.25, -0.2) is 0 Å². The zero-order valence-corrected chi connectivity index (χ0v) is 10.3. The SMILES string of the molecule is CCN1CCCC(CCCC(C)C)C1. The molecule has 0 saturated carbocycles. The molecule has 0 spiro atoms. The van der Waals surface area contributed by atoms with E-state index in [2.05, 4.69) is 25.7 Å². The molecule has 0 aromatic heterocycles. The molecular weight excluding hydrogens is 170 g/mol.